The van der Waals surface area contributed by atoms with Crippen LogP contribution in [0.2, 0.25) is 0 Å². The smallest absolute Gasteiger partial charge is 0.228 e. The van der Waals surface area contributed by atoms with Gasteiger partial charge in [0.15, 0.2) is 11.8 Å². The minimum absolute atomic E-state index is 0.273. The number of nitrogens with one attached hydrogen (secondary N) is 2. The summed E-state index contributed by atoms with van der Waals surface area (Å²) in [5, 5.41) is 10.6. The van der Waals surface area contributed by atoms with Crippen molar-refractivity contribution < 1.29 is 9.26 Å². The molecule has 0 aliphatic heterocycles. The molecule has 0 saturated carbocycles. The molecule has 0 spiro atoms. The van der Waals surface area contributed by atoms with Gasteiger partial charge in [0.2, 0.25) is 5.89 Å². The second-order valence-corrected chi connectivity index (χ2v) is 7.20. The van der Waals surface area contributed by atoms with Crippen LogP contribution in [0.4, 0.5) is 0 Å². The van der Waals surface area contributed by atoms with E-state index in [0.717, 1.165) is 18.3 Å². The predicted octanol–water partition coefficient (Wildman–Crippen LogP) is 3.14. The molecule has 1 aromatic heterocycles. The molecular weight excluding hydrogens is 354 g/mol. The van der Waals surface area contributed by atoms with E-state index in [0.29, 0.717) is 44.5 Å². The summed E-state index contributed by atoms with van der Waals surface area (Å²) < 4.78 is 11.1. The monoisotopic (exact) mass is 387 g/mol. The zero-order valence-corrected chi connectivity index (χ0v) is 17.4. The van der Waals surface area contributed by atoms with Crippen molar-refractivity contribution in [3.05, 3.63) is 47.6 Å². The third-order valence-corrected chi connectivity index (χ3v) is 4.05. The Hall–Kier alpha value is -2.41. The van der Waals surface area contributed by atoms with Gasteiger partial charge < -0.3 is 19.9 Å². The van der Waals surface area contributed by atoms with Crippen LogP contribution >= 0.6 is 0 Å². The predicted molar refractivity (Wildman–Crippen MR) is 111 cm³/mol. The molecule has 0 aliphatic carbocycles. The fraction of sp³-hybridized carbons (Fsp3) is 0.571. The topological polar surface area (TPSA) is 84.6 Å². The molecule has 0 radical (unpaired) electrons. The van der Waals surface area contributed by atoms with E-state index >= 15 is 0 Å². The molecular formula is C21H33N5O2. The molecule has 1 heterocycles. The number of guanidine groups is 1. The molecule has 154 valence electrons. The summed E-state index contributed by atoms with van der Waals surface area (Å²) in [6.45, 7) is 11.8. The number of hydrogen-bond donors (Lipinski definition) is 2. The van der Waals surface area contributed by atoms with Crippen molar-refractivity contribution in [3.63, 3.8) is 0 Å². The average Bonchev–Trinajstić information content (AvgIpc) is 3.16. The number of benzene rings is 1. The highest BCUT2D eigenvalue weighted by atomic mass is 16.5. The van der Waals surface area contributed by atoms with Gasteiger partial charge in [-0.1, -0.05) is 56.3 Å². The minimum atomic E-state index is 0.273. The minimum Gasteiger partial charge on any atom is -0.376 e. The SMILES string of the molecule is CCNC(=NCC(C)COCc1ccccc1)NCCc1nc(C(C)C)no1. The fourth-order valence-electron chi connectivity index (χ4n) is 2.49. The third-order valence-electron chi connectivity index (χ3n) is 4.05. The molecule has 0 bridgehead atoms. The molecule has 0 fully saturated rings. The van der Waals surface area contributed by atoms with Crippen molar-refractivity contribution in [3.8, 4) is 0 Å². The van der Waals surface area contributed by atoms with Gasteiger partial charge in [0, 0.05) is 32.0 Å². The molecule has 1 atom stereocenters. The molecule has 2 N–H and O–H groups in total. The van der Waals surface area contributed by atoms with Crippen LogP contribution < -0.4 is 10.6 Å². The highest BCUT2D eigenvalue weighted by Gasteiger charge is 2.09. The van der Waals surface area contributed by atoms with Gasteiger partial charge in [0.05, 0.1) is 13.2 Å². The van der Waals surface area contributed by atoms with Gasteiger partial charge in [-0.25, -0.2) is 0 Å². The third kappa shape index (κ3) is 8.08. The first-order valence-electron chi connectivity index (χ1n) is 10.0. The van der Waals surface area contributed by atoms with E-state index in [4.69, 9.17) is 9.26 Å². The van der Waals surface area contributed by atoms with E-state index in [-0.39, 0.29) is 5.92 Å². The second kappa shape index (κ2) is 12.1. The molecule has 1 unspecified atom stereocenters. The van der Waals surface area contributed by atoms with E-state index in [1.807, 2.05) is 32.0 Å². The summed E-state index contributed by atoms with van der Waals surface area (Å²) in [7, 11) is 0. The number of aromatic nitrogens is 2. The second-order valence-electron chi connectivity index (χ2n) is 7.20. The lowest BCUT2D eigenvalue weighted by atomic mass is 10.2. The normalized spacial score (nSPS) is 13.0. The Balaban J connectivity index is 1.70. The van der Waals surface area contributed by atoms with Gasteiger partial charge in [0.25, 0.3) is 0 Å². The molecule has 1 aromatic carbocycles. The Morgan fingerprint density at radius 1 is 1.18 bits per heavy atom. The lowest BCUT2D eigenvalue weighted by Gasteiger charge is -2.13. The first kappa shape index (κ1) is 21.9. The van der Waals surface area contributed by atoms with E-state index < -0.39 is 0 Å². The maximum Gasteiger partial charge on any atom is 0.228 e. The van der Waals surface area contributed by atoms with Crippen LogP contribution in [-0.2, 0) is 17.8 Å². The van der Waals surface area contributed by atoms with Crippen LogP contribution in [0, 0.1) is 5.92 Å². The Kier molecular flexibility index (Phi) is 9.48. The first-order valence-corrected chi connectivity index (χ1v) is 10.0. The molecule has 0 saturated heterocycles. The van der Waals surface area contributed by atoms with E-state index in [2.05, 4.69) is 51.7 Å². The van der Waals surface area contributed by atoms with Crippen molar-refractivity contribution in [1.82, 2.24) is 20.8 Å². The zero-order valence-electron chi connectivity index (χ0n) is 17.4. The van der Waals surface area contributed by atoms with Crippen molar-refractivity contribution in [2.45, 2.75) is 46.6 Å². The van der Waals surface area contributed by atoms with Crippen LogP contribution in [0.1, 0.15) is 50.9 Å². The van der Waals surface area contributed by atoms with Gasteiger partial charge in [-0.2, -0.15) is 4.98 Å². The Labute approximate surface area is 168 Å². The fourth-order valence-corrected chi connectivity index (χ4v) is 2.49. The van der Waals surface area contributed by atoms with Crippen LogP contribution in [-0.4, -0.2) is 42.3 Å². The Morgan fingerprint density at radius 2 is 1.96 bits per heavy atom. The lowest BCUT2D eigenvalue weighted by Crippen LogP contribution is -2.38. The van der Waals surface area contributed by atoms with Gasteiger partial charge in [-0.3, -0.25) is 4.99 Å². The quantitative estimate of drug-likeness (QED) is 0.455. The molecule has 28 heavy (non-hydrogen) atoms. The van der Waals surface area contributed by atoms with E-state index in [1.165, 1.54) is 5.56 Å². The first-order chi connectivity index (χ1) is 13.6. The highest BCUT2D eigenvalue weighted by Crippen LogP contribution is 2.09. The highest BCUT2D eigenvalue weighted by molar-refractivity contribution is 5.79. The van der Waals surface area contributed by atoms with Crippen LogP contribution in [0.3, 0.4) is 0 Å². The summed E-state index contributed by atoms with van der Waals surface area (Å²) >= 11 is 0. The summed E-state index contributed by atoms with van der Waals surface area (Å²) in [5.74, 6) is 2.80. The maximum atomic E-state index is 5.80. The summed E-state index contributed by atoms with van der Waals surface area (Å²) in [4.78, 5) is 9.04. The molecule has 2 aromatic rings. The molecule has 0 amide bonds. The number of nitrogens with zero attached hydrogens (tertiary/aromatic N) is 3. The summed E-state index contributed by atoms with van der Waals surface area (Å²) in [6, 6.07) is 10.2. The number of rotatable bonds is 11. The summed E-state index contributed by atoms with van der Waals surface area (Å²) in [5.41, 5.74) is 1.19. The average molecular weight is 388 g/mol. The standard InChI is InChI=1S/C21H33N5O2/c1-5-22-21(23-12-11-19-25-20(16(2)3)26-28-19)24-13-17(4)14-27-15-18-9-7-6-8-10-18/h6-10,16-17H,5,11-15H2,1-4H3,(H2,22,23,24). The number of aliphatic imine (C=N–C) groups is 1. The summed E-state index contributed by atoms with van der Waals surface area (Å²) in [6.07, 6.45) is 0.667. The van der Waals surface area contributed by atoms with Crippen molar-refractivity contribution >= 4 is 5.96 Å². The van der Waals surface area contributed by atoms with Crippen LogP contribution in [0.25, 0.3) is 0 Å². The van der Waals surface area contributed by atoms with Crippen LogP contribution in [0.15, 0.2) is 39.8 Å². The molecule has 0 aliphatic rings. The number of hydrogen-bond acceptors (Lipinski definition) is 5. The zero-order chi connectivity index (χ0) is 20.2. The van der Waals surface area contributed by atoms with Crippen molar-refractivity contribution in [1.29, 1.82) is 0 Å². The van der Waals surface area contributed by atoms with Crippen molar-refractivity contribution in [2.75, 3.05) is 26.2 Å². The maximum absolute atomic E-state index is 5.80. The van der Waals surface area contributed by atoms with E-state index in [9.17, 15) is 0 Å². The van der Waals surface area contributed by atoms with E-state index in [1.54, 1.807) is 0 Å². The Morgan fingerprint density at radius 3 is 2.64 bits per heavy atom. The largest absolute Gasteiger partial charge is 0.376 e. The van der Waals surface area contributed by atoms with Gasteiger partial charge in [0.1, 0.15) is 0 Å². The van der Waals surface area contributed by atoms with Gasteiger partial charge in [-0.15, -0.1) is 0 Å². The van der Waals surface area contributed by atoms with Gasteiger partial charge >= 0.3 is 0 Å². The molecule has 7 heteroatoms. The number of ether oxygens (including phenoxy) is 1. The lowest BCUT2D eigenvalue weighted by molar-refractivity contribution is 0.0945. The van der Waals surface area contributed by atoms with Crippen molar-refractivity contribution in [2.24, 2.45) is 10.9 Å². The van der Waals surface area contributed by atoms with Gasteiger partial charge in [-0.05, 0) is 18.4 Å². The molecule has 7 nitrogen and oxygen atoms in total. The molecule has 2 rings (SSSR count). The van der Waals surface area contributed by atoms with Crippen LogP contribution in [0.5, 0.6) is 0 Å². The Bertz CT molecular complexity index is 700.